The summed E-state index contributed by atoms with van der Waals surface area (Å²) < 4.78 is 20.1. The number of benzene rings is 1. The minimum Gasteiger partial charge on any atom is -0.469 e. The maximum atomic E-state index is 13.2. The van der Waals surface area contributed by atoms with Crippen molar-refractivity contribution >= 4 is 16.9 Å². The van der Waals surface area contributed by atoms with Crippen molar-refractivity contribution in [3.8, 4) is 0 Å². The van der Waals surface area contributed by atoms with Gasteiger partial charge in [0.25, 0.3) is 0 Å². The number of ether oxygens (including phenoxy) is 1. The molecule has 2 heterocycles. The van der Waals surface area contributed by atoms with Crippen LogP contribution in [0.3, 0.4) is 0 Å². The molecule has 1 aromatic heterocycles. The molecule has 0 amide bonds. The molecule has 3 nitrogen and oxygen atoms in total. The molecule has 0 bridgehead atoms. The fraction of sp³-hybridized carbons (Fsp3) is 0.357. The molecular formula is C14H14FNO2. The predicted molar refractivity (Wildman–Crippen MR) is 65.7 cm³/mol. The van der Waals surface area contributed by atoms with Gasteiger partial charge in [-0.05, 0) is 37.1 Å². The summed E-state index contributed by atoms with van der Waals surface area (Å²) in [4.78, 5) is 11.6. The van der Waals surface area contributed by atoms with Gasteiger partial charge in [0.1, 0.15) is 5.82 Å². The van der Waals surface area contributed by atoms with E-state index in [-0.39, 0.29) is 17.7 Å². The number of carbonyl (C=O) groups excluding carboxylic acids is 1. The monoisotopic (exact) mass is 247 g/mol. The summed E-state index contributed by atoms with van der Waals surface area (Å²) in [5, 5.41) is 0.899. The Morgan fingerprint density at radius 2 is 2.28 bits per heavy atom. The van der Waals surface area contributed by atoms with Crippen LogP contribution in [0.4, 0.5) is 4.39 Å². The van der Waals surface area contributed by atoms with Crippen LogP contribution < -0.4 is 0 Å². The number of esters is 1. The van der Waals surface area contributed by atoms with Gasteiger partial charge in [-0.25, -0.2) is 4.39 Å². The first-order valence-electron chi connectivity index (χ1n) is 6.04. The lowest BCUT2D eigenvalue weighted by Crippen LogP contribution is -2.27. The third-order valence-electron chi connectivity index (χ3n) is 3.64. The number of rotatable bonds is 1. The van der Waals surface area contributed by atoms with Gasteiger partial charge in [0.05, 0.1) is 13.0 Å². The molecule has 94 valence electrons. The van der Waals surface area contributed by atoms with Crippen molar-refractivity contribution in [3.63, 3.8) is 0 Å². The maximum Gasteiger partial charge on any atom is 0.310 e. The van der Waals surface area contributed by atoms with Crippen LogP contribution in [0.5, 0.6) is 0 Å². The second kappa shape index (κ2) is 4.12. The highest BCUT2D eigenvalue weighted by atomic mass is 19.1. The zero-order chi connectivity index (χ0) is 12.7. The Kier molecular flexibility index (Phi) is 2.58. The van der Waals surface area contributed by atoms with Crippen molar-refractivity contribution < 1.29 is 13.9 Å². The van der Waals surface area contributed by atoms with Gasteiger partial charge in [-0.15, -0.1) is 0 Å². The number of methoxy groups -OCH3 is 1. The van der Waals surface area contributed by atoms with Crippen molar-refractivity contribution in [2.45, 2.75) is 19.4 Å². The fourth-order valence-corrected chi connectivity index (χ4v) is 2.71. The van der Waals surface area contributed by atoms with Crippen molar-refractivity contribution in [1.29, 1.82) is 0 Å². The van der Waals surface area contributed by atoms with Crippen LogP contribution in [0.1, 0.15) is 12.1 Å². The molecule has 0 radical (unpaired) electrons. The summed E-state index contributed by atoms with van der Waals surface area (Å²) in [5.74, 6) is -0.484. The van der Waals surface area contributed by atoms with Crippen molar-refractivity contribution in [3.05, 3.63) is 35.8 Å². The minimum atomic E-state index is -0.227. The normalized spacial score (nSPS) is 18.7. The molecule has 4 heteroatoms. The molecule has 1 aromatic carbocycles. The number of aryl methyl sites for hydroxylation is 1. The van der Waals surface area contributed by atoms with Gasteiger partial charge in [-0.3, -0.25) is 4.79 Å². The number of nitrogens with zero attached hydrogens (tertiary/aromatic N) is 1. The van der Waals surface area contributed by atoms with Gasteiger partial charge < -0.3 is 9.30 Å². The summed E-state index contributed by atoms with van der Waals surface area (Å²) in [7, 11) is 1.42. The molecule has 0 saturated heterocycles. The summed E-state index contributed by atoms with van der Waals surface area (Å²) in [5.41, 5.74) is 2.15. The Balaban J connectivity index is 2.04. The van der Waals surface area contributed by atoms with Gasteiger partial charge in [-0.1, -0.05) is 0 Å². The number of halogens is 1. The van der Waals surface area contributed by atoms with Gasteiger partial charge in [-0.2, -0.15) is 0 Å². The van der Waals surface area contributed by atoms with Crippen LogP contribution in [0.15, 0.2) is 24.3 Å². The third-order valence-corrected chi connectivity index (χ3v) is 3.64. The molecule has 1 aliphatic rings. The highest BCUT2D eigenvalue weighted by molar-refractivity contribution is 5.82. The standard InChI is InChI=1S/C14H14FNO2/c1-18-14(17)9-2-4-12-7-10-6-11(15)3-5-13(10)16(12)8-9/h3,5-7,9H,2,4,8H2,1H3. The SMILES string of the molecule is COC(=O)C1CCc2cc3cc(F)ccc3n2C1. The van der Waals surface area contributed by atoms with Crippen molar-refractivity contribution in [1.82, 2.24) is 4.57 Å². The Morgan fingerprint density at radius 3 is 3.06 bits per heavy atom. The Hall–Kier alpha value is -1.84. The van der Waals surface area contributed by atoms with E-state index < -0.39 is 0 Å². The van der Waals surface area contributed by atoms with Crippen LogP contribution >= 0.6 is 0 Å². The first kappa shape index (κ1) is 11.3. The number of carbonyl (C=O) groups is 1. The van der Waals surface area contributed by atoms with Gasteiger partial charge in [0, 0.05) is 23.1 Å². The second-order valence-electron chi connectivity index (χ2n) is 4.71. The van der Waals surface area contributed by atoms with Gasteiger partial charge in [0.15, 0.2) is 0 Å². The second-order valence-corrected chi connectivity index (χ2v) is 4.71. The van der Waals surface area contributed by atoms with Crippen LogP contribution in [0, 0.1) is 11.7 Å². The van der Waals surface area contributed by atoms with Gasteiger partial charge in [0.2, 0.25) is 0 Å². The number of fused-ring (bicyclic) bond motifs is 3. The molecule has 2 aromatic rings. The summed E-state index contributed by atoms with van der Waals surface area (Å²) in [6, 6.07) is 6.77. The molecule has 1 aliphatic heterocycles. The lowest BCUT2D eigenvalue weighted by atomic mass is 9.98. The van der Waals surface area contributed by atoms with E-state index in [9.17, 15) is 9.18 Å². The minimum absolute atomic E-state index is 0.0943. The lowest BCUT2D eigenvalue weighted by Gasteiger charge is -2.23. The largest absolute Gasteiger partial charge is 0.469 e. The predicted octanol–water partition coefficient (Wildman–Crippen LogP) is 2.52. The number of hydrogen-bond acceptors (Lipinski definition) is 2. The van der Waals surface area contributed by atoms with Crippen molar-refractivity contribution in [2.24, 2.45) is 5.92 Å². The average Bonchev–Trinajstić information content (AvgIpc) is 2.74. The summed E-state index contributed by atoms with van der Waals surface area (Å²) in [6.45, 7) is 0.622. The Morgan fingerprint density at radius 1 is 1.44 bits per heavy atom. The molecule has 18 heavy (non-hydrogen) atoms. The summed E-state index contributed by atoms with van der Waals surface area (Å²) >= 11 is 0. The van der Waals surface area contributed by atoms with E-state index in [4.69, 9.17) is 4.74 Å². The lowest BCUT2D eigenvalue weighted by molar-refractivity contribution is -0.146. The summed E-state index contributed by atoms with van der Waals surface area (Å²) in [6.07, 6.45) is 1.63. The molecule has 1 atom stereocenters. The highest BCUT2D eigenvalue weighted by Crippen LogP contribution is 2.28. The van der Waals surface area contributed by atoms with Crippen LogP contribution in [-0.2, 0) is 22.5 Å². The zero-order valence-electron chi connectivity index (χ0n) is 10.1. The molecule has 1 unspecified atom stereocenters. The quantitative estimate of drug-likeness (QED) is 0.725. The molecule has 0 spiro atoms. The Bertz CT molecular complexity index is 618. The zero-order valence-corrected chi connectivity index (χ0v) is 10.1. The Labute approximate surface area is 104 Å². The smallest absolute Gasteiger partial charge is 0.310 e. The molecule has 0 aliphatic carbocycles. The average molecular weight is 247 g/mol. The van der Waals surface area contributed by atoms with E-state index >= 15 is 0 Å². The molecule has 0 N–H and O–H groups in total. The van der Waals surface area contributed by atoms with E-state index in [1.54, 1.807) is 6.07 Å². The van der Waals surface area contributed by atoms with Gasteiger partial charge >= 0.3 is 5.97 Å². The topological polar surface area (TPSA) is 31.2 Å². The van der Waals surface area contributed by atoms with E-state index in [0.717, 1.165) is 29.4 Å². The molecule has 0 fully saturated rings. The fourth-order valence-electron chi connectivity index (χ4n) is 2.71. The van der Waals surface area contributed by atoms with Crippen LogP contribution in [0.2, 0.25) is 0 Å². The van der Waals surface area contributed by atoms with Crippen molar-refractivity contribution in [2.75, 3.05) is 7.11 Å². The van der Waals surface area contributed by atoms with Crippen LogP contribution in [-0.4, -0.2) is 17.6 Å². The molecular weight excluding hydrogens is 233 g/mol. The first-order valence-corrected chi connectivity index (χ1v) is 6.04. The van der Waals surface area contributed by atoms with E-state index in [1.165, 1.54) is 19.2 Å². The first-order chi connectivity index (χ1) is 8.69. The molecule has 3 rings (SSSR count). The van der Waals surface area contributed by atoms with Crippen LogP contribution in [0.25, 0.3) is 10.9 Å². The van der Waals surface area contributed by atoms with E-state index in [1.807, 2.05) is 6.07 Å². The highest BCUT2D eigenvalue weighted by Gasteiger charge is 2.26. The third kappa shape index (κ3) is 1.68. The number of hydrogen-bond donors (Lipinski definition) is 0. The molecule has 0 saturated carbocycles. The van der Waals surface area contributed by atoms with E-state index in [0.29, 0.717) is 6.54 Å². The van der Waals surface area contributed by atoms with E-state index in [2.05, 4.69) is 4.57 Å². The number of aromatic nitrogens is 1. The maximum absolute atomic E-state index is 13.2.